The largest absolute Gasteiger partial charge is 0.596 e. The number of amides is 4. The van der Waals surface area contributed by atoms with Gasteiger partial charge in [-0.2, -0.15) is 0 Å². The normalized spacial score (nSPS) is 21.8. The van der Waals surface area contributed by atoms with Crippen molar-refractivity contribution in [3.8, 4) is 0 Å². The molecule has 2 heterocycles. The number of hydrogen-bond donors (Lipinski definition) is 0. The molecular formula is C16H26N2O4U2V2Y2-4. The first kappa shape index (κ1) is 53.2. The van der Waals surface area contributed by atoms with Gasteiger partial charge in [0.1, 0.15) is 0 Å². The van der Waals surface area contributed by atoms with Gasteiger partial charge in [-0.05, 0) is 12.3 Å². The molecule has 0 aromatic rings. The molecule has 0 saturated carbocycles. The van der Waals surface area contributed by atoms with Crippen LogP contribution in [-0.2, 0) is 122 Å². The Morgan fingerprint density at radius 3 is 1.39 bits per heavy atom. The average molecular weight is 1070 g/mol. The Morgan fingerprint density at radius 2 is 1.21 bits per heavy atom. The minimum atomic E-state index is -0.271. The van der Waals surface area contributed by atoms with Crippen molar-refractivity contribution >= 4 is 23.6 Å². The molecule has 2 fully saturated rings. The Morgan fingerprint density at radius 1 is 0.857 bits per heavy atom. The SMILES string of the molecule is CC1C(=O)[N-]C(=O)C1C.CCC(C)C1CC(=O)[N-]C1=O.[CH3-].[CH3-].[U].[U].[V].[V].[Y].[Y]. The van der Waals surface area contributed by atoms with Crippen molar-refractivity contribution in [2.24, 2.45) is 23.7 Å². The monoisotopic (exact) mass is 1070 g/mol. The van der Waals surface area contributed by atoms with Crippen LogP contribution in [0.2, 0.25) is 0 Å². The molecule has 4 radical (unpaired) electrons. The minimum absolute atomic E-state index is 0. The van der Waals surface area contributed by atoms with E-state index >= 15 is 0 Å². The van der Waals surface area contributed by atoms with Crippen LogP contribution in [0.25, 0.3) is 10.6 Å². The molecule has 2 aliphatic heterocycles. The van der Waals surface area contributed by atoms with Crippen LogP contribution in [0, 0.1) is 101 Å². The van der Waals surface area contributed by atoms with Gasteiger partial charge < -0.3 is 44.7 Å². The van der Waals surface area contributed by atoms with E-state index in [0.29, 0.717) is 6.42 Å². The third-order valence-corrected chi connectivity index (χ3v) is 4.03. The molecule has 2 aliphatic rings. The first-order valence-electron chi connectivity index (χ1n) is 6.85. The first-order valence-corrected chi connectivity index (χ1v) is 6.85. The van der Waals surface area contributed by atoms with Crippen LogP contribution in [0.1, 0.15) is 40.5 Å². The summed E-state index contributed by atoms with van der Waals surface area (Å²) in [5.41, 5.74) is 0. The molecule has 4 atom stereocenters. The zero-order valence-corrected chi connectivity index (χ0v) is 34.1. The standard InChI is InChI=1S/C8H13NO2.C6H9NO2.2CH3.2U.2V.2Y/c1-3-5(2)6-4-7(10)9-8(6)11;1-3-4(2)6(9)7-5(3)8;;;;;;;;/h5-6H,3-4H2,1-2H3,(H,9,10,11);3-4H,1-2H3,(H,7,8,9);2*1H3;;;;;;/q;;2*-1;;;;;;/p-2. The molecule has 4 amide bonds. The summed E-state index contributed by atoms with van der Waals surface area (Å²) in [5, 5.41) is 6.63. The van der Waals surface area contributed by atoms with Crippen molar-refractivity contribution in [2.45, 2.75) is 40.5 Å². The number of imide groups is 2. The molecular weight excluding hydrogens is 1040 g/mol. The van der Waals surface area contributed by atoms with Crippen LogP contribution < -0.4 is 0 Å². The quantitative estimate of drug-likeness (QED) is 0.314. The third-order valence-electron chi connectivity index (χ3n) is 4.03. The van der Waals surface area contributed by atoms with Crippen LogP contribution in [0.5, 0.6) is 0 Å². The van der Waals surface area contributed by atoms with Crippen molar-refractivity contribution in [1.82, 2.24) is 0 Å². The minimum Gasteiger partial charge on any atom is -0.596 e. The van der Waals surface area contributed by atoms with Gasteiger partial charge in [0.2, 0.25) is 0 Å². The molecule has 2 rings (SSSR count). The third kappa shape index (κ3) is 17.3. The fourth-order valence-electron chi connectivity index (χ4n) is 2.00. The molecule has 6 nitrogen and oxygen atoms in total. The maximum Gasteiger partial charge on any atom is 0.0603 e. The molecule has 0 aliphatic carbocycles. The van der Waals surface area contributed by atoms with Crippen LogP contribution in [0.4, 0.5) is 0 Å². The number of rotatable bonds is 2. The number of hydrogen-bond acceptors (Lipinski definition) is 4. The number of carbonyl (C=O) groups is 4. The summed E-state index contributed by atoms with van der Waals surface area (Å²) < 4.78 is 0. The van der Waals surface area contributed by atoms with E-state index in [9.17, 15) is 19.2 Å². The van der Waals surface area contributed by atoms with Crippen molar-refractivity contribution in [1.29, 1.82) is 0 Å². The number of carbonyl (C=O) groups excluding carboxylic acids is 4. The van der Waals surface area contributed by atoms with Gasteiger partial charge in [0.25, 0.3) is 0 Å². The van der Waals surface area contributed by atoms with Gasteiger partial charge in [0.15, 0.2) is 0 Å². The van der Waals surface area contributed by atoms with Gasteiger partial charge in [-0.1, -0.05) is 34.1 Å². The van der Waals surface area contributed by atoms with E-state index in [1.54, 1.807) is 13.8 Å². The maximum atomic E-state index is 11.0. The van der Waals surface area contributed by atoms with Gasteiger partial charge in [-0.3, -0.25) is 0 Å². The summed E-state index contributed by atoms with van der Waals surface area (Å²) >= 11 is 0. The van der Waals surface area contributed by atoms with E-state index in [0.717, 1.165) is 6.42 Å². The second-order valence-corrected chi connectivity index (χ2v) is 5.41. The van der Waals surface area contributed by atoms with Gasteiger partial charge in [0.05, 0.1) is 23.6 Å². The van der Waals surface area contributed by atoms with E-state index in [1.165, 1.54) is 0 Å². The summed E-state index contributed by atoms with van der Waals surface area (Å²) in [4.78, 5) is 42.9. The first-order chi connectivity index (χ1) is 9.27. The molecule has 4 unspecified atom stereocenters. The molecule has 28 heavy (non-hydrogen) atoms. The molecule has 2 saturated heterocycles. The van der Waals surface area contributed by atoms with E-state index in [-0.39, 0.29) is 227 Å². The summed E-state index contributed by atoms with van der Waals surface area (Å²) in [6.07, 6.45) is 1.26. The number of nitrogens with zero attached hydrogens (tertiary/aromatic N) is 2. The van der Waals surface area contributed by atoms with Crippen LogP contribution >= 0.6 is 0 Å². The topological polar surface area (TPSA) is 96.5 Å². The second-order valence-electron chi connectivity index (χ2n) is 5.41. The maximum absolute atomic E-state index is 11.0. The van der Waals surface area contributed by atoms with Crippen molar-refractivity contribution in [3.05, 3.63) is 25.5 Å². The fourth-order valence-corrected chi connectivity index (χ4v) is 2.00. The van der Waals surface area contributed by atoms with Gasteiger partial charge in [-0.25, -0.2) is 0 Å². The summed E-state index contributed by atoms with van der Waals surface area (Å²) in [7, 11) is 0. The zero-order chi connectivity index (χ0) is 15.4. The Labute approximate surface area is 292 Å². The summed E-state index contributed by atoms with van der Waals surface area (Å²) in [6, 6.07) is 0. The molecule has 0 aromatic heterocycles. The van der Waals surface area contributed by atoms with Crippen LogP contribution in [0.3, 0.4) is 0 Å². The molecule has 152 valence electrons. The van der Waals surface area contributed by atoms with Gasteiger partial charge in [-0.15, -0.1) is 0 Å². The van der Waals surface area contributed by atoms with E-state index < -0.39 is 0 Å². The van der Waals surface area contributed by atoms with E-state index in [1.807, 2.05) is 13.8 Å². The Kier molecular flexibility index (Phi) is 51.3. The average Bonchev–Trinajstić information content (AvgIpc) is 2.84. The predicted octanol–water partition coefficient (Wildman–Crippen LogP) is 3.07. The molecule has 0 aromatic carbocycles. The van der Waals surface area contributed by atoms with E-state index in [4.69, 9.17) is 0 Å². The van der Waals surface area contributed by atoms with Gasteiger partial charge >= 0.3 is 0 Å². The van der Waals surface area contributed by atoms with Crippen molar-refractivity contribution in [2.75, 3.05) is 0 Å². The summed E-state index contributed by atoms with van der Waals surface area (Å²) in [6.45, 7) is 7.44. The van der Waals surface area contributed by atoms with Crippen LogP contribution in [0.15, 0.2) is 0 Å². The van der Waals surface area contributed by atoms with Gasteiger partial charge in [0, 0.05) is 183 Å². The zero-order valence-electron chi connectivity index (χ0n) is 17.3. The van der Waals surface area contributed by atoms with Crippen molar-refractivity contribution in [3.63, 3.8) is 0 Å². The Hall–Kier alpha value is 3.76. The second kappa shape index (κ2) is 27.0. The fraction of sp³-hybridized carbons (Fsp3) is 0.625. The van der Waals surface area contributed by atoms with E-state index in [2.05, 4.69) is 10.6 Å². The van der Waals surface area contributed by atoms with Crippen molar-refractivity contribution < 1.29 is 184 Å². The molecule has 0 spiro atoms. The predicted molar refractivity (Wildman–Crippen MR) is 85.5 cm³/mol. The molecule has 0 N–H and O–H groups in total. The summed E-state index contributed by atoms with van der Waals surface area (Å²) in [5.74, 6) is -1.25. The molecule has 0 bridgehead atoms. The Bertz CT molecular complexity index is 446. The smallest absolute Gasteiger partial charge is 0.0603 e. The van der Waals surface area contributed by atoms with Crippen LogP contribution in [-0.4, -0.2) is 23.6 Å². The molecule has 12 heteroatoms. The Balaban J connectivity index is -0.0000000374.